The number of nitrogens with one attached hydrogen (secondary N) is 1. The smallest absolute Gasteiger partial charge is 0.0931 e. The molecule has 0 fully saturated rings. The van der Waals surface area contributed by atoms with Crippen LogP contribution in [0.2, 0.25) is 4.34 Å². The quantitative estimate of drug-likeness (QED) is 0.662. The molecule has 5 heteroatoms. The molecule has 0 saturated heterocycles. The molecule has 1 unspecified atom stereocenters. The van der Waals surface area contributed by atoms with Crippen molar-refractivity contribution in [1.82, 2.24) is 10.4 Å². The normalized spacial score (nSPS) is 12.6. The lowest BCUT2D eigenvalue weighted by Crippen LogP contribution is -2.29. The fourth-order valence-corrected chi connectivity index (χ4v) is 2.85. The van der Waals surface area contributed by atoms with Crippen molar-refractivity contribution in [3.05, 3.63) is 50.9 Å². The Morgan fingerprint density at radius 3 is 2.88 bits per heavy atom. The fourth-order valence-electron chi connectivity index (χ4n) is 1.72. The molecule has 2 aromatic rings. The van der Waals surface area contributed by atoms with Gasteiger partial charge in [-0.2, -0.15) is 0 Å². The van der Waals surface area contributed by atoms with E-state index < -0.39 is 0 Å². The van der Waals surface area contributed by atoms with Gasteiger partial charge in [0.05, 0.1) is 10.4 Å². The van der Waals surface area contributed by atoms with Gasteiger partial charge in [0, 0.05) is 23.2 Å². The van der Waals surface area contributed by atoms with Crippen molar-refractivity contribution in [2.24, 2.45) is 5.84 Å². The lowest BCUT2D eigenvalue weighted by Gasteiger charge is -2.15. The lowest BCUT2D eigenvalue weighted by atomic mass is 10.0. The van der Waals surface area contributed by atoms with E-state index in [1.165, 1.54) is 4.88 Å². The van der Waals surface area contributed by atoms with E-state index in [4.69, 9.17) is 17.4 Å². The maximum Gasteiger partial charge on any atom is 0.0931 e. The second-order valence-corrected chi connectivity index (χ2v) is 5.66. The van der Waals surface area contributed by atoms with Gasteiger partial charge in [-0.25, -0.2) is 0 Å². The van der Waals surface area contributed by atoms with E-state index in [1.54, 1.807) is 17.5 Å². The number of aromatic nitrogens is 1. The first-order chi connectivity index (χ1) is 8.19. The molecule has 17 heavy (non-hydrogen) atoms. The first-order valence-electron chi connectivity index (χ1n) is 5.32. The summed E-state index contributed by atoms with van der Waals surface area (Å²) in [7, 11) is 0. The third kappa shape index (κ3) is 3.26. The molecule has 0 aliphatic heterocycles. The zero-order valence-electron chi connectivity index (χ0n) is 9.48. The van der Waals surface area contributed by atoms with Crippen LogP contribution in [0, 0.1) is 6.92 Å². The highest BCUT2D eigenvalue weighted by molar-refractivity contribution is 7.16. The van der Waals surface area contributed by atoms with Gasteiger partial charge in [0.25, 0.3) is 0 Å². The van der Waals surface area contributed by atoms with E-state index in [0.29, 0.717) is 0 Å². The Morgan fingerprint density at radius 1 is 1.47 bits per heavy atom. The Hall–Kier alpha value is -0.940. The molecular weight excluding hydrogens is 254 g/mol. The minimum atomic E-state index is 0.0893. The van der Waals surface area contributed by atoms with Gasteiger partial charge in [0.15, 0.2) is 0 Å². The summed E-state index contributed by atoms with van der Waals surface area (Å²) in [5.41, 5.74) is 4.97. The minimum Gasteiger partial charge on any atom is -0.271 e. The van der Waals surface area contributed by atoms with E-state index in [1.807, 2.05) is 31.2 Å². The molecule has 0 amide bonds. The molecule has 0 aromatic carbocycles. The van der Waals surface area contributed by atoms with Crippen molar-refractivity contribution >= 4 is 22.9 Å². The topological polar surface area (TPSA) is 50.9 Å². The summed E-state index contributed by atoms with van der Waals surface area (Å²) in [6.45, 7) is 1.97. The number of hydrogen-bond donors (Lipinski definition) is 2. The van der Waals surface area contributed by atoms with Crippen molar-refractivity contribution in [1.29, 1.82) is 0 Å². The van der Waals surface area contributed by atoms with Crippen LogP contribution >= 0.6 is 22.9 Å². The first-order valence-corrected chi connectivity index (χ1v) is 6.51. The average Bonchev–Trinajstić information content (AvgIpc) is 2.72. The first kappa shape index (κ1) is 12.5. The molecule has 1 atom stereocenters. The maximum atomic E-state index is 5.92. The van der Waals surface area contributed by atoms with Crippen LogP contribution in [0.5, 0.6) is 0 Å². The van der Waals surface area contributed by atoms with Crippen molar-refractivity contribution in [3.8, 4) is 0 Å². The van der Waals surface area contributed by atoms with Gasteiger partial charge in [-0.05, 0) is 36.8 Å². The van der Waals surface area contributed by atoms with Crippen molar-refractivity contribution in [2.45, 2.75) is 19.4 Å². The summed E-state index contributed by atoms with van der Waals surface area (Å²) in [6.07, 6.45) is 2.63. The van der Waals surface area contributed by atoms with Gasteiger partial charge in [0.2, 0.25) is 0 Å². The molecule has 0 aliphatic carbocycles. The highest BCUT2D eigenvalue weighted by Gasteiger charge is 2.12. The molecule has 2 rings (SSSR count). The highest BCUT2D eigenvalue weighted by atomic mass is 35.5. The van der Waals surface area contributed by atoms with Crippen LogP contribution in [0.25, 0.3) is 0 Å². The van der Waals surface area contributed by atoms with Crippen LogP contribution in [0.1, 0.15) is 22.2 Å². The summed E-state index contributed by atoms with van der Waals surface area (Å²) in [4.78, 5) is 5.40. The zero-order valence-corrected chi connectivity index (χ0v) is 11.1. The van der Waals surface area contributed by atoms with Crippen molar-refractivity contribution < 1.29 is 0 Å². The number of nitrogens with zero attached hydrogens (tertiary/aromatic N) is 1. The van der Waals surface area contributed by atoms with Crippen LogP contribution in [0.3, 0.4) is 0 Å². The number of hydrazine groups is 1. The molecule has 90 valence electrons. The number of halogens is 1. The minimum absolute atomic E-state index is 0.0893. The Morgan fingerprint density at radius 2 is 2.29 bits per heavy atom. The third-order valence-electron chi connectivity index (χ3n) is 2.56. The van der Waals surface area contributed by atoms with E-state index in [-0.39, 0.29) is 6.04 Å². The van der Waals surface area contributed by atoms with Gasteiger partial charge in [-0.1, -0.05) is 11.6 Å². The van der Waals surface area contributed by atoms with Gasteiger partial charge in [-0.15, -0.1) is 11.3 Å². The zero-order chi connectivity index (χ0) is 12.3. The monoisotopic (exact) mass is 267 g/mol. The molecule has 0 radical (unpaired) electrons. The molecule has 3 nitrogen and oxygen atoms in total. The second-order valence-electron chi connectivity index (χ2n) is 3.86. The lowest BCUT2D eigenvalue weighted by molar-refractivity contribution is 0.554. The van der Waals surface area contributed by atoms with Crippen LogP contribution < -0.4 is 11.3 Å². The Labute approximate surface area is 110 Å². The molecule has 0 aliphatic rings. The summed E-state index contributed by atoms with van der Waals surface area (Å²) in [6, 6.07) is 8.05. The summed E-state index contributed by atoms with van der Waals surface area (Å²) >= 11 is 7.50. The number of pyridine rings is 1. The number of aryl methyl sites for hydroxylation is 1. The fraction of sp³-hybridized carbons (Fsp3) is 0.250. The average molecular weight is 268 g/mol. The summed E-state index contributed by atoms with van der Waals surface area (Å²) in [5, 5.41) is 0. The Balaban J connectivity index is 2.16. The van der Waals surface area contributed by atoms with Crippen molar-refractivity contribution in [2.75, 3.05) is 0 Å². The predicted octanol–water partition coefficient (Wildman–Crippen LogP) is 2.85. The number of rotatable bonds is 4. The van der Waals surface area contributed by atoms with Crippen molar-refractivity contribution in [3.63, 3.8) is 0 Å². The Kier molecular flexibility index (Phi) is 4.12. The second kappa shape index (κ2) is 5.60. The van der Waals surface area contributed by atoms with E-state index in [0.717, 1.165) is 22.0 Å². The van der Waals surface area contributed by atoms with Gasteiger partial charge >= 0.3 is 0 Å². The molecule has 0 bridgehead atoms. The van der Waals surface area contributed by atoms with Crippen LogP contribution in [0.15, 0.2) is 30.5 Å². The standard InChI is InChI=1S/C12H14ClN3S/c1-8-6-9(4-5-15-8)11(16-14)7-10-2-3-12(13)17-10/h2-6,11,16H,7,14H2,1H3. The van der Waals surface area contributed by atoms with Gasteiger partial charge in [-0.3, -0.25) is 16.3 Å². The molecule has 0 saturated carbocycles. The third-order valence-corrected chi connectivity index (χ3v) is 3.81. The molecule has 3 N–H and O–H groups in total. The number of nitrogens with two attached hydrogens (primary N) is 1. The number of hydrogen-bond acceptors (Lipinski definition) is 4. The van der Waals surface area contributed by atoms with Crippen LogP contribution in [-0.2, 0) is 6.42 Å². The largest absolute Gasteiger partial charge is 0.271 e. The van der Waals surface area contributed by atoms with E-state index in [2.05, 4.69) is 10.4 Å². The SMILES string of the molecule is Cc1cc(C(Cc2ccc(Cl)s2)NN)ccn1. The highest BCUT2D eigenvalue weighted by Crippen LogP contribution is 2.26. The number of thiophene rings is 1. The maximum absolute atomic E-state index is 5.92. The molecule has 2 heterocycles. The summed E-state index contributed by atoms with van der Waals surface area (Å²) < 4.78 is 0.807. The van der Waals surface area contributed by atoms with E-state index >= 15 is 0 Å². The summed E-state index contributed by atoms with van der Waals surface area (Å²) in [5.74, 6) is 5.61. The molecule has 2 aromatic heterocycles. The van der Waals surface area contributed by atoms with Gasteiger partial charge in [0.1, 0.15) is 0 Å². The molecular formula is C12H14ClN3S. The van der Waals surface area contributed by atoms with Crippen LogP contribution in [0.4, 0.5) is 0 Å². The van der Waals surface area contributed by atoms with Gasteiger partial charge < -0.3 is 0 Å². The Bertz CT molecular complexity index is 498. The predicted molar refractivity (Wildman–Crippen MR) is 72.1 cm³/mol. The van der Waals surface area contributed by atoms with Crippen LogP contribution in [-0.4, -0.2) is 4.98 Å². The molecule has 0 spiro atoms. The van der Waals surface area contributed by atoms with E-state index in [9.17, 15) is 0 Å².